The zero-order valence-electron chi connectivity index (χ0n) is 17.3. The third kappa shape index (κ3) is 7.05. The molecule has 0 spiro atoms. The van der Waals surface area contributed by atoms with Crippen molar-refractivity contribution in [1.82, 2.24) is 0 Å². The van der Waals surface area contributed by atoms with Crippen LogP contribution in [-0.2, 0) is 20.6 Å². The molecular weight excluding hydrogens is 376 g/mol. The van der Waals surface area contributed by atoms with Gasteiger partial charge in [-0.25, -0.2) is 0 Å². The van der Waals surface area contributed by atoms with Crippen LogP contribution in [0.5, 0.6) is 17.2 Å². The van der Waals surface area contributed by atoms with Crippen LogP contribution in [0.15, 0.2) is 42.5 Å². The summed E-state index contributed by atoms with van der Waals surface area (Å²) >= 11 is 0. The SMILES string of the molecule is COCOc1ccc(C(=O)C(C)Cc2cc(OCOC)ccc2OCOC)cc1. The molecule has 0 N–H and O–H groups in total. The van der Waals surface area contributed by atoms with Crippen molar-refractivity contribution in [2.24, 2.45) is 5.92 Å². The van der Waals surface area contributed by atoms with Gasteiger partial charge in [-0.2, -0.15) is 0 Å². The van der Waals surface area contributed by atoms with Crippen LogP contribution in [0.25, 0.3) is 0 Å². The number of hydrogen-bond acceptors (Lipinski definition) is 7. The minimum atomic E-state index is -0.261. The van der Waals surface area contributed by atoms with Crippen LogP contribution >= 0.6 is 0 Å². The lowest BCUT2D eigenvalue weighted by atomic mass is 9.92. The van der Waals surface area contributed by atoms with Crippen LogP contribution < -0.4 is 14.2 Å². The monoisotopic (exact) mass is 404 g/mol. The van der Waals surface area contributed by atoms with Crippen molar-refractivity contribution in [2.45, 2.75) is 13.3 Å². The Morgan fingerprint density at radius 3 is 1.97 bits per heavy atom. The van der Waals surface area contributed by atoms with E-state index in [1.165, 1.54) is 0 Å². The molecular formula is C22H28O7. The first-order valence-corrected chi connectivity index (χ1v) is 9.21. The largest absolute Gasteiger partial charge is 0.468 e. The van der Waals surface area contributed by atoms with E-state index in [9.17, 15) is 4.79 Å². The molecule has 0 saturated heterocycles. The fourth-order valence-corrected chi connectivity index (χ4v) is 2.74. The lowest BCUT2D eigenvalue weighted by Gasteiger charge is -2.16. The van der Waals surface area contributed by atoms with Gasteiger partial charge in [0.1, 0.15) is 17.2 Å². The van der Waals surface area contributed by atoms with Gasteiger partial charge < -0.3 is 28.4 Å². The highest BCUT2D eigenvalue weighted by atomic mass is 16.7. The summed E-state index contributed by atoms with van der Waals surface area (Å²) in [5.41, 5.74) is 1.48. The molecule has 2 aromatic rings. The van der Waals surface area contributed by atoms with Crippen LogP contribution in [0.4, 0.5) is 0 Å². The molecule has 0 bridgehead atoms. The molecule has 0 amide bonds. The van der Waals surface area contributed by atoms with E-state index in [2.05, 4.69) is 0 Å². The maximum Gasteiger partial charge on any atom is 0.188 e. The van der Waals surface area contributed by atoms with E-state index >= 15 is 0 Å². The summed E-state index contributed by atoms with van der Waals surface area (Å²) in [6, 6.07) is 12.5. The minimum Gasteiger partial charge on any atom is -0.468 e. The number of carbonyl (C=O) groups is 1. The normalized spacial score (nSPS) is 11.7. The van der Waals surface area contributed by atoms with Crippen molar-refractivity contribution in [2.75, 3.05) is 41.7 Å². The van der Waals surface area contributed by atoms with Crippen molar-refractivity contribution < 1.29 is 33.2 Å². The third-order valence-electron chi connectivity index (χ3n) is 4.16. The van der Waals surface area contributed by atoms with Gasteiger partial charge >= 0.3 is 0 Å². The number of rotatable bonds is 13. The lowest BCUT2D eigenvalue weighted by Crippen LogP contribution is -2.15. The Balaban J connectivity index is 2.11. The Bertz CT molecular complexity index is 758. The van der Waals surface area contributed by atoms with Gasteiger partial charge in [0.25, 0.3) is 0 Å². The molecule has 29 heavy (non-hydrogen) atoms. The molecule has 1 atom stereocenters. The van der Waals surface area contributed by atoms with Crippen molar-refractivity contribution >= 4 is 5.78 Å². The Labute approximate surface area is 171 Å². The van der Waals surface area contributed by atoms with Gasteiger partial charge in [0.05, 0.1) is 0 Å². The van der Waals surface area contributed by atoms with Gasteiger partial charge in [-0.15, -0.1) is 0 Å². The number of Topliss-reactive ketones (excluding diaryl/α,β-unsaturated/α-hetero) is 1. The molecule has 2 rings (SSSR count). The molecule has 0 aliphatic rings. The predicted molar refractivity (Wildman–Crippen MR) is 108 cm³/mol. The molecule has 2 aromatic carbocycles. The van der Waals surface area contributed by atoms with Gasteiger partial charge in [-0.3, -0.25) is 4.79 Å². The average molecular weight is 404 g/mol. The quantitative estimate of drug-likeness (QED) is 0.372. The summed E-state index contributed by atoms with van der Waals surface area (Å²) in [4.78, 5) is 12.9. The average Bonchev–Trinajstić information content (AvgIpc) is 2.75. The molecule has 7 nitrogen and oxygen atoms in total. The number of hydrogen-bond donors (Lipinski definition) is 0. The molecule has 0 heterocycles. The Morgan fingerprint density at radius 1 is 0.793 bits per heavy atom. The molecule has 0 saturated carbocycles. The van der Waals surface area contributed by atoms with Gasteiger partial charge in [0.15, 0.2) is 26.2 Å². The van der Waals surface area contributed by atoms with E-state index in [-0.39, 0.29) is 32.1 Å². The van der Waals surface area contributed by atoms with E-state index in [0.717, 1.165) is 5.56 Å². The van der Waals surface area contributed by atoms with E-state index in [4.69, 9.17) is 28.4 Å². The van der Waals surface area contributed by atoms with E-state index in [1.54, 1.807) is 57.7 Å². The van der Waals surface area contributed by atoms with Gasteiger partial charge in [-0.1, -0.05) is 6.92 Å². The Kier molecular flexibility index (Phi) is 9.43. The van der Waals surface area contributed by atoms with E-state index in [1.807, 2.05) is 13.0 Å². The third-order valence-corrected chi connectivity index (χ3v) is 4.16. The maximum atomic E-state index is 12.9. The highest BCUT2D eigenvalue weighted by Crippen LogP contribution is 2.28. The molecule has 0 aliphatic heterocycles. The first kappa shape index (κ1) is 22.7. The van der Waals surface area contributed by atoms with Crippen LogP contribution in [0.3, 0.4) is 0 Å². The van der Waals surface area contributed by atoms with Gasteiger partial charge in [0.2, 0.25) is 0 Å². The highest BCUT2D eigenvalue weighted by molar-refractivity contribution is 5.97. The molecule has 0 radical (unpaired) electrons. The maximum absolute atomic E-state index is 12.9. The highest BCUT2D eigenvalue weighted by Gasteiger charge is 2.19. The van der Waals surface area contributed by atoms with Crippen molar-refractivity contribution in [1.29, 1.82) is 0 Å². The van der Waals surface area contributed by atoms with Crippen molar-refractivity contribution in [3.63, 3.8) is 0 Å². The lowest BCUT2D eigenvalue weighted by molar-refractivity contribution is 0.0476. The van der Waals surface area contributed by atoms with Crippen molar-refractivity contribution in [3.8, 4) is 17.2 Å². The van der Waals surface area contributed by atoms with Gasteiger partial charge in [-0.05, 0) is 54.4 Å². The van der Waals surface area contributed by atoms with Crippen LogP contribution in [0.1, 0.15) is 22.8 Å². The summed E-state index contributed by atoms with van der Waals surface area (Å²) in [7, 11) is 4.67. The molecule has 1 unspecified atom stereocenters. The number of benzene rings is 2. The summed E-state index contributed by atoms with van der Waals surface area (Å²) in [5.74, 6) is 1.72. The fraction of sp³-hybridized carbons (Fsp3) is 0.409. The number of methoxy groups -OCH3 is 3. The molecule has 7 heteroatoms. The fourth-order valence-electron chi connectivity index (χ4n) is 2.74. The van der Waals surface area contributed by atoms with Crippen molar-refractivity contribution in [3.05, 3.63) is 53.6 Å². The summed E-state index contributed by atoms with van der Waals surface area (Å²) in [5, 5.41) is 0. The van der Waals surface area contributed by atoms with Crippen LogP contribution in [0.2, 0.25) is 0 Å². The number of ketones is 1. The zero-order chi connectivity index (χ0) is 21.1. The van der Waals surface area contributed by atoms with Crippen LogP contribution in [0, 0.1) is 5.92 Å². The van der Waals surface area contributed by atoms with E-state index in [0.29, 0.717) is 29.2 Å². The topological polar surface area (TPSA) is 72.5 Å². The summed E-state index contributed by atoms with van der Waals surface area (Å²) in [6.45, 7) is 2.32. The van der Waals surface area contributed by atoms with E-state index < -0.39 is 0 Å². The first-order chi connectivity index (χ1) is 14.1. The summed E-state index contributed by atoms with van der Waals surface area (Å²) < 4.78 is 31.3. The zero-order valence-corrected chi connectivity index (χ0v) is 17.3. The number of ether oxygens (including phenoxy) is 6. The predicted octanol–water partition coefficient (Wildman–Crippen LogP) is 3.70. The minimum absolute atomic E-state index is 0.0317. The second kappa shape index (κ2) is 12.1. The first-order valence-electron chi connectivity index (χ1n) is 9.21. The molecule has 0 aliphatic carbocycles. The standard InChI is InChI=1S/C22H28O7/c1-16(22(23)17-5-7-19(8-6-17)27-13-24-2)11-18-12-20(28-14-25-3)9-10-21(18)29-15-26-4/h5-10,12,16H,11,13-15H2,1-4H3. The summed E-state index contributed by atoms with van der Waals surface area (Å²) in [6.07, 6.45) is 0.490. The second-order valence-corrected chi connectivity index (χ2v) is 6.42. The van der Waals surface area contributed by atoms with Crippen LogP contribution in [-0.4, -0.2) is 47.5 Å². The van der Waals surface area contributed by atoms with Gasteiger partial charge in [0, 0.05) is 32.8 Å². The Morgan fingerprint density at radius 2 is 1.34 bits per heavy atom. The number of carbonyl (C=O) groups excluding carboxylic acids is 1. The Hall–Kier alpha value is -2.61. The second-order valence-electron chi connectivity index (χ2n) is 6.42. The molecule has 0 aromatic heterocycles. The molecule has 0 fully saturated rings. The molecule has 158 valence electrons. The smallest absolute Gasteiger partial charge is 0.188 e.